The first-order chi connectivity index (χ1) is 30.6. The maximum atomic E-state index is 15.0. The van der Waals surface area contributed by atoms with Crippen LogP contribution in [0.15, 0.2) is 107 Å². The molecule has 0 saturated carbocycles. The molecule has 1 aromatic heterocycles. The van der Waals surface area contributed by atoms with Gasteiger partial charge in [-0.3, -0.25) is 4.79 Å². The molecule has 0 spiro atoms. The van der Waals surface area contributed by atoms with Crippen molar-refractivity contribution in [2.75, 3.05) is 4.90 Å². The monoisotopic (exact) mass is 884 g/mol. The molecule has 0 fully saturated rings. The molecule has 0 atom stereocenters. The van der Waals surface area contributed by atoms with Crippen LogP contribution in [0.5, 0.6) is 0 Å². The first-order valence-electron chi connectivity index (χ1n) is 23.8. The van der Waals surface area contributed by atoms with Gasteiger partial charge in [-0.15, -0.1) is 15.9 Å². The van der Waals surface area contributed by atoms with E-state index >= 15 is 9.90 Å². The van der Waals surface area contributed by atoms with Gasteiger partial charge < -0.3 is 10.0 Å². The summed E-state index contributed by atoms with van der Waals surface area (Å²) < 4.78 is 2.40. The summed E-state index contributed by atoms with van der Waals surface area (Å²) >= 11 is 3.24. The van der Waals surface area contributed by atoms with Gasteiger partial charge in [0.25, 0.3) is 5.04 Å². The molecule has 0 bridgehead atoms. The predicted molar refractivity (Wildman–Crippen MR) is 273 cm³/mol. The molecule has 9 rings (SSSR count). The number of aryl methyl sites for hydroxylation is 5. The molecule has 64 heavy (non-hydrogen) atoms. The molecular formula is C58H64N2O2S2. The van der Waals surface area contributed by atoms with E-state index in [0.717, 1.165) is 105 Å². The first kappa shape index (κ1) is 44.3. The lowest BCUT2D eigenvalue weighted by atomic mass is 9.73. The van der Waals surface area contributed by atoms with Crippen LogP contribution in [0.25, 0.3) is 5.57 Å². The quantitative estimate of drug-likeness (QED) is 0.0711. The zero-order valence-corrected chi connectivity index (χ0v) is 41.3. The zero-order valence-electron chi connectivity index (χ0n) is 39.7. The molecule has 0 unspecified atom stereocenters. The van der Waals surface area contributed by atoms with Gasteiger partial charge in [0.1, 0.15) is 5.00 Å². The van der Waals surface area contributed by atoms with Crippen LogP contribution in [0.4, 0.5) is 27.8 Å². The molecule has 6 heteroatoms. The number of benzene rings is 4. The molecule has 4 heterocycles. The number of thioether (sulfide) groups is 1. The van der Waals surface area contributed by atoms with Gasteiger partial charge in [0, 0.05) is 61.1 Å². The Labute approximate surface area is 390 Å². The second-order valence-corrected chi connectivity index (χ2v) is 22.0. The van der Waals surface area contributed by atoms with Crippen molar-refractivity contribution in [2.24, 2.45) is 0 Å². The summed E-state index contributed by atoms with van der Waals surface area (Å²) in [6.07, 6.45) is 12.9. The third-order valence-corrected chi connectivity index (χ3v) is 16.6. The number of thiophene rings is 1. The van der Waals surface area contributed by atoms with E-state index in [2.05, 4.69) is 164 Å². The summed E-state index contributed by atoms with van der Waals surface area (Å²) in [4.78, 5) is 19.1. The Kier molecular flexibility index (Phi) is 11.9. The van der Waals surface area contributed by atoms with E-state index < -0.39 is 0 Å². The Morgan fingerprint density at radius 3 is 1.64 bits per heavy atom. The van der Waals surface area contributed by atoms with Crippen molar-refractivity contribution in [3.63, 3.8) is 0 Å². The van der Waals surface area contributed by atoms with Gasteiger partial charge >= 0.3 is 0 Å². The van der Waals surface area contributed by atoms with Crippen LogP contribution >= 0.6 is 23.1 Å². The molecule has 3 aliphatic heterocycles. The zero-order chi connectivity index (χ0) is 45.2. The minimum absolute atomic E-state index is 0.102. The highest BCUT2D eigenvalue weighted by Crippen LogP contribution is 2.56. The minimum Gasteiger partial charge on any atom is -0.871 e. The average molecular weight is 885 g/mol. The highest BCUT2D eigenvalue weighted by atomic mass is 32.2. The van der Waals surface area contributed by atoms with E-state index in [9.17, 15) is 0 Å². The van der Waals surface area contributed by atoms with Gasteiger partial charge in [0.2, 0.25) is 11.4 Å². The summed E-state index contributed by atoms with van der Waals surface area (Å²) in [6, 6.07) is 29.5. The van der Waals surface area contributed by atoms with Crippen LogP contribution in [0, 0.1) is 27.7 Å². The summed E-state index contributed by atoms with van der Waals surface area (Å²) in [6.45, 7) is 22.5. The number of fused-ring (bicyclic) bond motifs is 4. The van der Waals surface area contributed by atoms with Gasteiger partial charge in [0.15, 0.2) is 5.78 Å². The number of allylic oxidation sites excluding steroid dienone is 3. The number of ketones is 1. The Bertz CT molecular complexity index is 2750. The number of hydrogen-bond acceptors (Lipinski definition) is 5. The van der Waals surface area contributed by atoms with Crippen molar-refractivity contribution in [1.82, 2.24) is 4.58 Å². The Balaban J connectivity index is 1.19. The number of unbranched alkanes of at least 4 members (excludes halogenated alkanes) is 6. The van der Waals surface area contributed by atoms with Crippen molar-refractivity contribution in [3.05, 3.63) is 162 Å². The molecule has 4 aromatic carbocycles. The SMILES string of the molecule is CCCCCCC1=CC(=[N+]2c3ccc(C)cc3C(C)(C)c3cc(C)ccc32)S/C1=C1\C(=O)C(c2sc(N3c4ccc(C)cc4C(C)(C)c4cc(C)ccc43)cc2CCCCCC)=C1[O-]. The molecule has 0 saturated heterocycles. The van der Waals surface area contributed by atoms with Crippen molar-refractivity contribution < 1.29 is 9.90 Å². The molecule has 1 aliphatic carbocycles. The van der Waals surface area contributed by atoms with E-state index in [1.165, 1.54) is 57.3 Å². The normalized spacial score (nSPS) is 18.2. The smallest absolute Gasteiger partial charge is 0.251 e. The average Bonchev–Trinajstić information content (AvgIpc) is 3.85. The maximum Gasteiger partial charge on any atom is 0.251 e. The number of carbonyl (C=O) groups is 1. The number of hydrogen-bond donors (Lipinski definition) is 0. The fraction of sp³-hybridized carbons (Fsp3) is 0.379. The van der Waals surface area contributed by atoms with Crippen molar-refractivity contribution >= 4 is 67.2 Å². The van der Waals surface area contributed by atoms with Gasteiger partial charge in [-0.05, 0) is 118 Å². The first-order valence-corrected chi connectivity index (χ1v) is 25.4. The van der Waals surface area contributed by atoms with Crippen LogP contribution < -0.4 is 14.6 Å². The molecular weight excluding hydrogens is 821 g/mol. The third kappa shape index (κ3) is 7.47. The second kappa shape index (κ2) is 17.1. The molecule has 5 aromatic rings. The summed E-state index contributed by atoms with van der Waals surface area (Å²) in [5.41, 5.74) is 17.3. The number of rotatable bonds is 12. The van der Waals surface area contributed by atoms with Crippen molar-refractivity contribution in [2.45, 2.75) is 144 Å². The van der Waals surface area contributed by atoms with Gasteiger partial charge in [-0.1, -0.05) is 144 Å². The molecule has 0 radical (unpaired) electrons. The Morgan fingerprint density at radius 1 is 0.609 bits per heavy atom. The molecule has 4 aliphatic rings. The molecule has 4 nitrogen and oxygen atoms in total. The molecule has 330 valence electrons. The molecule has 0 N–H and O–H groups in total. The number of Topliss-reactive ketones (excluding diaryl/α,β-unsaturated/α-hetero) is 1. The van der Waals surface area contributed by atoms with Crippen LogP contribution in [0.1, 0.15) is 154 Å². The topological polar surface area (TPSA) is 46.4 Å². The van der Waals surface area contributed by atoms with E-state index in [0.29, 0.717) is 11.1 Å². The number of carbonyl (C=O) groups excluding carboxylic acids is 1. The minimum atomic E-state index is -0.193. The third-order valence-electron chi connectivity index (χ3n) is 14.3. The van der Waals surface area contributed by atoms with Crippen LogP contribution in [-0.4, -0.2) is 10.8 Å². The van der Waals surface area contributed by atoms with Gasteiger partial charge in [0.05, 0.1) is 11.4 Å². The van der Waals surface area contributed by atoms with Crippen molar-refractivity contribution in [1.29, 1.82) is 0 Å². The van der Waals surface area contributed by atoms with E-state index in [-0.39, 0.29) is 22.4 Å². The maximum absolute atomic E-state index is 15.0. The Morgan fingerprint density at radius 2 is 1.11 bits per heavy atom. The molecule has 0 amide bonds. The van der Waals surface area contributed by atoms with Crippen LogP contribution in [0.2, 0.25) is 0 Å². The number of nitrogens with zero attached hydrogens (tertiary/aromatic N) is 2. The van der Waals surface area contributed by atoms with Crippen molar-refractivity contribution in [3.8, 4) is 0 Å². The summed E-state index contributed by atoms with van der Waals surface area (Å²) in [5, 5.41) is 17.1. The largest absolute Gasteiger partial charge is 0.871 e. The fourth-order valence-corrected chi connectivity index (χ4v) is 13.1. The van der Waals surface area contributed by atoms with E-state index in [4.69, 9.17) is 0 Å². The lowest BCUT2D eigenvalue weighted by Crippen LogP contribution is -2.31. The second-order valence-electron chi connectivity index (χ2n) is 19.9. The lowest BCUT2D eigenvalue weighted by Gasteiger charge is -2.42. The Hall–Kier alpha value is -4.91. The van der Waals surface area contributed by atoms with E-state index in [1.54, 1.807) is 23.1 Å². The van der Waals surface area contributed by atoms with Crippen LogP contribution in [-0.2, 0) is 22.0 Å². The fourth-order valence-electron chi connectivity index (χ4n) is 10.5. The lowest BCUT2D eigenvalue weighted by molar-refractivity contribution is -0.297. The summed E-state index contributed by atoms with van der Waals surface area (Å²) in [7, 11) is 0. The predicted octanol–water partition coefficient (Wildman–Crippen LogP) is 15.3. The van der Waals surface area contributed by atoms with E-state index in [1.807, 2.05) is 0 Å². The highest BCUT2D eigenvalue weighted by Gasteiger charge is 2.45. The highest BCUT2D eigenvalue weighted by molar-refractivity contribution is 8.18. The van der Waals surface area contributed by atoms with Gasteiger partial charge in [-0.25, -0.2) is 0 Å². The van der Waals surface area contributed by atoms with Crippen LogP contribution in [0.3, 0.4) is 0 Å². The summed E-state index contributed by atoms with van der Waals surface area (Å²) in [5.74, 6) is -0.204. The number of anilines is 3. The van der Waals surface area contributed by atoms with Gasteiger partial charge in [-0.2, -0.15) is 0 Å². The standard InChI is InChI=1S/C58H64N2O2S2/c1-11-13-15-17-19-39-33-49(59-45-25-21-35(3)29-41(45)57(7,8)42-30-36(4)22-26-46(42)59)63-55(39)51-53(61)52(54(51)62)56-40(20-18-16-14-12-2)34-50(64-56)60-47-27-23-37(5)31-43(47)58(9,10)44-32-38(6)24-28-48(44)60/h21-34H,11-20H2,1-10H3.